The van der Waals surface area contributed by atoms with Gasteiger partial charge < -0.3 is 15.4 Å². The van der Waals surface area contributed by atoms with Crippen molar-refractivity contribution in [2.45, 2.75) is 38.1 Å². The summed E-state index contributed by atoms with van der Waals surface area (Å²) in [5, 5.41) is 13.2. The van der Waals surface area contributed by atoms with E-state index in [9.17, 15) is 23.1 Å². The van der Waals surface area contributed by atoms with Crippen LogP contribution in [-0.4, -0.2) is 27.0 Å². The van der Waals surface area contributed by atoms with E-state index in [-0.39, 0.29) is 17.5 Å². The van der Waals surface area contributed by atoms with Crippen LogP contribution in [0, 0.1) is 6.92 Å². The SMILES string of the molecule is Cc1c(C(O)c2ccc(C(F)(F)F)nc2)c[nH]c1C(=O)NC1CC1. The molecule has 24 heavy (non-hydrogen) atoms. The van der Waals surface area contributed by atoms with E-state index in [0.29, 0.717) is 16.8 Å². The molecular formula is C16H16F3N3O2. The Kier molecular flexibility index (Phi) is 4.08. The van der Waals surface area contributed by atoms with E-state index in [0.717, 1.165) is 25.1 Å². The molecule has 2 aromatic rings. The third-order valence-corrected chi connectivity index (χ3v) is 4.01. The molecule has 5 nitrogen and oxygen atoms in total. The molecule has 3 N–H and O–H groups in total. The number of amides is 1. The molecule has 1 aliphatic carbocycles. The highest BCUT2D eigenvalue weighted by Crippen LogP contribution is 2.30. The number of aliphatic hydroxyl groups is 1. The maximum Gasteiger partial charge on any atom is 0.433 e. The number of aromatic amines is 1. The molecule has 1 saturated carbocycles. The Bertz CT molecular complexity index is 749. The number of nitrogens with zero attached hydrogens (tertiary/aromatic N) is 1. The standard InChI is InChI=1S/C16H16F3N3O2/c1-8-11(7-21-13(8)15(24)22-10-3-4-10)14(23)9-2-5-12(20-6-9)16(17,18)19/h2,5-7,10,14,21,23H,3-4H2,1H3,(H,22,24). The Morgan fingerprint density at radius 2 is 2.12 bits per heavy atom. The van der Waals surface area contributed by atoms with Crippen molar-refractivity contribution >= 4 is 5.91 Å². The zero-order valence-electron chi connectivity index (χ0n) is 12.8. The van der Waals surface area contributed by atoms with Crippen molar-refractivity contribution in [3.05, 3.63) is 52.6 Å². The van der Waals surface area contributed by atoms with Gasteiger partial charge in [0.2, 0.25) is 0 Å². The number of alkyl halides is 3. The van der Waals surface area contributed by atoms with E-state index in [1.807, 2.05) is 0 Å². The number of aliphatic hydroxyl groups excluding tert-OH is 1. The lowest BCUT2D eigenvalue weighted by Crippen LogP contribution is -2.26. The monoisotopic (exact) mass is 339 g/mol. The molecule has 0 aromatic carbocycles. The van der Waals surface area contributed by atoms with Crippen molar-refractivity contribution < 1.29 is 23.1 Å². The molecule has 2 heterocycles. The number of carbonyl (C=O) groups excluding carboxylic acids is 1. The molecule has 128 valence electrons. The zero-order valence-corrected chi connectivity index (χ0v) is 12.8. The van der Waals surface area contributed by atoms with Gasteiger partial charge in [0.15, 0.2) is 0 Å². The van der Waals surface area contributed by atoms with Gasteiger partial charge in [-0.1, -0.05) is 6.07 Å². The Hall–Kier alpha value is -2.35. The van der Waals surface area contributed by atoms with Gasteiger partial charge in [0.1, 0.15) is 17.5 Å². The Labute approximate surface area is 135 Å². The molecule has 1 aliphatic rings. The van der Waals surface area contributed by atoms with Crippen molar-refractivity contribution in [2.24, 2.45) is 0 Å². The fourth-order valence-corrected chi connectivity index (χ4v) is 2.43. The lowest BCUT2D eigenvalue weighted by Gasteiger charge is -2.12. The summed E-state index contributed by atoms with van der Waals surface area (Å²) in [6.45, 7) is 1.67. The van der Waals surface area contributed by atoms with E-state index in [4.69, 9.17) is 0 Å². The molecule has 1 atom stereocenters. The number of pyridine rings is 1. The Balaban J connectivity index is 1.81. The number of carbonyl (C=O) groups is 1. The van der Waals surface area contributed by atoms with Gasteiger partial charge in [0.25, 0.3) is 5.91 Å². The molecule has 0 spiro atoms. The van der Waals surface area contributed by atoms with Crippen molar-refractivity contribution in [3.63, 3.8) is 0 Å². The van der Waals surface area contributed by atoms with Crippen LogP contribution in [0.1, 0.15) is 51.8 Å². The second-order valence-electron chi connectivity index (χ2n) is 5.87. The molecule has 3 rings (SSSR count). The molecule has 1 amide bonds. The van der Waals surface area contributed by atoms with Crippen LogP contribution in [0.15, 0.2) is 24.5 Å². The highest BCUT2D eigenvalue weighted by Gasteiger charge is 2.32. The number of H-pyrrole nitrogens is 1. The highest BCUT2D eigenvalue weighted by molar-refractivity contribution is 5.94. The molecule has 1 fully saturated rings. The fourth-order valence-electron chi connectivity index (χ4n) is 2.43. The van der Waals surface area contributed by atoms with E-state index < -0.39 is 18.0 Å². The van der Waals surface area contributed by atoms with Gasteiger partial charge in [0, 0.05) is 29.6 Å². The molecule has 0 bridgehead atoms. The number of rotatable bonds is 4. The van der Waals surface area contributed by atoms with Crippen LogP contribution in [0.5, 0.6) is 0 Å². The number of nitrogens with one attached hydrogen (secondary N) is 2. The van der Waals surface area contributed by atoms with Crippen molar-refractivity contribution in [1.82, 2.24) is 15.3 Å². The van der Waals surface area contributed by atoms with E-state index in [2.05, 4.69) is 15.3 Å². The molecule has 0 saturated heterocycles. The van der Waals surface area contributed by atoms with Crippen LogP contribution in [0.25, 0.3) is 0 Å². The Morgan fingerprint density at radius 3 is 2.67 bits per heavy atom. The molecular weight excluding hydrogens is 323 g/mol. The first-order valence-corrected chi connectivity index (χ1v) is 7.47. The first-order valence-electron chi connectivity index (χ1n) is 7.47. The molecule has 1 unspecified atom stereocenters. The third kappa shape index (κ3) is 3.28. The van der Waals surface area contributed by atoms with Crippen LogP contribution in [-0.2, 0) is 6.18 Å². The summed E-state index contributed by atoms with van der Waals surface area (Å²) in [7, 11) is 0. The minimum absolute atomic E-state index is 0.202. The predicted molar refractivity (Wildman–Crippen MR) is 79.3 cm³/mol. The van der Waals surface area contributed by atoms with E-state index >= 15 is 0 Å². The number of halogens is 3. The molecule has 0 radical (unpaired) electrons. The molecule has 2 aromatic heterocycles. The summed E-state index contributed by atoms with van der Waals surface area (Å²) in [6, 6.07) is 2.20. The van der Waals surface area contributed by atoms with Crippen molar-refractivity contribution in [3.8, 4) is 0 Å². The summed E-state index contributed by atoms with van der Waals surface area (Å²) in [5.74, 6) is -0.251. The second kappa shape index (κ2) is 5.94. The number of aromatic nitrogens is 2. The second-order valence-corrected chi connectivity index (χ2v) is 5.87. The molecule has 8 heteroatoms. The average molecular weight is 339 g/mol. The van der Waals surface area contributed by atoms with E-state index in [1.54, 1.807) is 6.92 Å². The lowest BCUT2D eigenvalue weighted by atomic mass is 10.0. The van der Waals surface area contributed by atoms with Crippen LogP contribution < -0.4 is 5.32 Å². The van der Waals surface area contributed by atoms with Gasteiger partial charge in [-0.3, -0.25) is 9.78 Å². The van der Waals surface area contributed by atoms with Gasteiger partial charge in [-0.05, 0) is 31.4 Å². The van der Waals surface area contributed by atoms with Crippen LogP contribution in [0.4, 0.5) is 13.2 Å². The largest absolute Gasteiger partial charge is 0.433 e. The maximum atomic E-state index is 12.5. The van der Waals surface area contributed by atoms with Gasteiger partial charge in [-0.15, -0.1) is 0 Å². The van der Waals surface area contributed by atoms with Gasteiger partial charge in [-0.2, -0.15) is 13.2 Å². The van der Waals surface area contributed by atoms with Crippen LogP contribution in [0.2, 0.25) is 0 Å². The number of hydrogen-bond donors (Lipinski definition) is 3. The third-order valence-electron chi connectivity index (χ3n) is 4.01. The minimum Gasteiger partial charge on any atom is -0.384 e. The van der Waals surface area contributed by atoms with Crippen molar-refractivity contribution in [1.29, 1.82) is 0 Å². The fraction of sp³-hybridized carbons (Fsp3) is 0.375. The summed E-state index contributed by atoms with van der Waals surface area (Å²) >= 11 is 0. The summed E-state index contributed by atoms with van der Waals surface area (Å²) in [5.41, 5.74) is 0.530. The van der Waals surface area contributed by atoms with Gasteiger partial charge >= 0.3 is 6.18 Å². The highest BCUT2D eigenvalue weighted by atomic mass is 19.4. The smallest absolute Gasteiger partial charge is 0.384 e. The maximum absolute atomic E-state index is 12.5. The lowest BCUT2D eigenvalue weighted by molar-refractivity contribution is -0.141. The first-order chi connectivity index (χ1) is 11.3. The first kappa shape index (κ1) is 16.5. The minimum atomic E-state index is -4.53. The van der Waals surface area contributed by atoms with Crippen LogP contribution >= 0.6 is 0 Å². The Morgan fingerprint density at radius 1 is 1.42 bits per heavy atom. The number of hydrogen-bond acceptors (Lipinski definition) is 3. The summed E-state index contributed by atoms with van der Waals surface area (Å²) in [6.07, 6.45) is -1.31. The normalized spacial score (nSPS) is 16.0. The van der Waals surface area contributed by atoms with Gasteiger partial charge in [0.05, 0.1) is 0 Å². The quantitative estimate of drug-likeness (QED) is 0.801. The summed E-state index contributed by atoms with van der Waals surface area (Å²) < 4.78 is 37.6. The average Bonchev–Trinajstić information content (AvgIpc) is 3.25. The van der Waals surface area contributed by atoms with Crippen molar-refractivity contribution in [2.75, 3.05) is 0 Å². The predicted octanol–water partition coefficient (Wildman–Crippen LogP) is 2.71. The van der Waals surface area contributed by atoms with E-state index in [1.165, 1.54) is 12.3 Å². The van der Waals surface area contributed by atoms with Gasteiger partial charge in [-0.25, -0.2) is 0 Å². The molecule has 0 aliphatic heterocycles. The zero-order chi connectivity index (χ0) is 17.5. The van der Waals surface area contributed by atoms with Crippen LogP contribution in [0.3, 0.4) is 0 Å². The summed E-state index contributed by atoms with van der Waals surface area (Å²) in [4.78, 5) is 18.2. The topological polar surface area (TPSA) is 78.0 Å².